The molecule has 1 aliphatic heterocycles. The summed E-state index contributed by atoms with van der Waals surface area (Å²) in [6, 6.07) is 25.8. The Bertz CT molecular complexity index is 1270. The lowest BCUT2D eigenvalue weighted by molar-refractivity contribution is 0.0606. The molecular weight excluding hydrogens is 442 g/mol. The second-order valence-corrected chi connectivity index (χ2v) is 9.33. The van der Waals surface area contributed by atoms with E-state index in [0.717, 1.165) is 27.6 Å². The molecule has 6 nitrogen and oxygen atoms in total. The van der Waals surface area contributed by atoms with E-state index in [4.69, 9.17) is 0 Å². The van der Waals surface area contributed by atoms with Gasteiger partial charge in [0.05, 0.1) is 11.8 Å². The van der Waals surface area contributed by atoms with Gasteiger partial charge in [-0.05, 0) is 42.0 Å². The van der Waals surface area contributed by atoms with Crippen molar-refractivity contribution in [2.75, 3.05) is 26.2 Å². The van der Waals surface area contributed by atoms with Gasteiger partial charge in [-0.3, -0.25) is 9.69 Å². The summed E-state index contributed by atoms with van der Waals surface area (Å²) in [5.41, 5.74) is 3.68. The first-order chi connectivity index (χ1) is 16.7. The maximum Gasteiger partial charge on any atom is 0.253 e. The van der Waals surface area contributed by atoms with Crippen molar-refractivity contribution in [3.05, 3.63) is 102 Å². The van der Waals surface area contributed by atoms with Gasteiger partial charge in [-0.15, -0.1) is 11.8 Å². The van der Waals surface area contributed by atoms with E-state index in [9.17, 15) is 10.1 Å². The molecule has 1 saturated heterocycles. The molecule has 34 heavy (non-hydrogen) atoms. The highest BCUT2D eigenvalue weighted by Crippen LogP contribution is 2.25. The van der Waals surface area contributed by atoms with Gasteiger partial charge in [-0.1, -0.05) is 36.4 Å². The maximum absolute atomic E-state index is 13.0. The van der Waals surface area contributed by atoms with E-state index in [1.165, 1.54) is 0 Å². The number of hydrogen-bond acceptors (Lipinski definition) is 5. The van der Waals surface area contributed by atoms with E-state index in [1.54, 1.807) is 11.8 Å². The van der Waals surface area contributed by atoms with Crippen LogP contribution >= 0.6 is 11.8 Å². The number of amides is 1. The van der Waals surface area contributed by atoms with E-state index in [2.05, 4.69) is 22.1 Å². The molecule has 1 unspecified atom stereocenters. The molecule has 0 aliphatic carbocycles. The molecule has 0 saturated carbocycles. The molecule has 1 fully saturated rings. The highest BCUT2D eigenvalue weighted by Gasteiger charge is 2.27. The second-order valence-electron chi connectivity index (χ2n) is 8.28. The third-order valence-corrected chi connectivity index (χ3v) is 7.15. The molecule has 0 N–H and O–H groups in total. The lowest BCUT2D eigenvalue weighted by Gasteiger charge is -2.37. The number of aromatic nitrogens is 2. The van der Waals surface area contributed by atoms with E-state index >= 15 is 0 Å². The molecule has 4 aromatic rings. The number of piperazine rings is 1. The minimum absolute atomic E-state index is 0.0461. The summed E-state index contributed by atoms with van der Waals surface area (Å²) < 4.78 is 2.02. The van der Waals surface area contributed by atoms with Gasteiger partial charge in [0.2, 0.25) is 0 Å². The van der Waals surface area contributed by atoms with Crippen molar-refractivity contribution >= 4 is 23.3 Å². The number of carbonyl (C=O) groups excluding carboxylic acids is 1. The quantitative estimate of drug-likeness (QED) is 0.386. The van der Waals surface area contributed by atoms with E-state index < -0.39 is 0 Å². The summed E-state index contributed by atoms with van der Waals surface area (Å²) in [5.74, 6) is 0.822. The van der Waals surface area contributed by atoms with Crippen LogP contribution in [0.3, 0.4) is 0 Å². The van der Waals surface area contributed by atoms with Crippen LogP contribution < -0.4 is 0 Å². The summed E-state index contributed by atoms with van der Waals surface area (Å²) in [7, 11) is 0. The monoisotopic (exact) mass is 467 g/mol. The number of thioether (sulfide) groups is 1. The number of pyridine rings is 1. The lowest BCUT2D eigenvalue weighted by atomic mass is 10.1. The zero-order valence-electron chi connectivity index (χ0n) is 18.7. The van der Waals surface area contributed by atoms with Crippen molar-refractivity contribution < 1.29 is 4.79 Å². The van der Waals surface area contributed by atoms with Crippen molar-refractivity contribution in [2.45, 2.75) is 16.7 Å². The van der Waals surface area contributed by atoms with Gasteiger partial charge >= 0.3 is 0 Å². The van der Waals surface area contributed by atoms with E-state index in [1.807, 2.05) is 88.3 Å². The SMILES string of the molecule is N#CC(c1ccccc1)N1CCN(C(=O)c2ccc(SCc3cn4ccccc4n3)cc2)CC1. The Hall–Kier alpha value is -3.60. The predicted octanol–water partition coefficient (Wildman–Crippen LogP) is 4.65. The fourth-order valence-electron chi connectivity index (χ4n) is 4.28. The number of imidazole rings is 1. The molecule has 2 aromatic heterocycles. The van der Waals surface area contributed by atoms with Gasteiger partial charge in [0.1, 0.15) is 11.7 Å². The molecule has 2 aromatic carbocycles. The van der Waals surface area contributed by atoms with Crippen LogP contribution in [-0.2, 0) is 5.75 Å². The summed E-state index contributed by atoms with van der Waals surface area (Å²) >= 11 is 1.71. The predicted molar refractivity (Wildman–Crippen MR) is 133 cm³/mol. The van der Waals surface area contributed by atoms with Crippen LogP contribution in [0.2, 0.25) is 0 Å². The largest absolute Gasteiger partial charge is 0.336 e. The van der Waals surface area contributed by atoms with Crippen LogP contribution in [0.5, 0.6) is 0 Å². The molecule has 0 radical (unpaired) electrons. The van der Waals surface area contributed by atoms with Crippen LogP contribution in [0.4, 0.5) is 0 Å². The van der Waals surface area contributed by atoms with Crippen LogP contribution in [0.25, 0.3) is 5.65 Å². The van der Waals surface area contributed by atoms with Gasteiger partial charge in [-0.2, -0.15) is 5.26 Å². The normalized spacial score (nSPS) is 15.2. The van der Waals surface area contributed by atoms with Gasteiger partial charge in [0.25, 0.3) is 5.91 Å². The third kappa shape index (κ3) is 4.84. The number of nitriles is 1. The van der Waals surface area contributed by atoms with Crippen LogP contribution in [0, 0.1) is 11.3 Å². The Morgan fingerprint density at radius 1 is 0.971 bits per heavy atom. The fourth-order valence-corrected chi connectivity index (χ4v) is 5.06. The molecular formula is C27H25N5OS. The first kappa shape index (κ1) is 22.2. The second kappa shape index (κ2) is 10.1. The molecule has 1 amide bonds. The molecule has 1 atom stereocenters. The van der Waals surface area contributed by atoms with Crippen LogP contribution in [0.15, 0.2) is 90.1 Å². The molecule has 7 heteroatoms. The average Bonchev–Trinajstić information content (AvgIpc) is 3.32. The molecule has 5 rings (SSSR count). The summed E-state index contributed by atoms with van der Waals surface area (Å²) in [6.07, 6.45) is 4.05. The Morgan fingerprint density at radius 2 is 1.71 bits per heavy atom. The molecule has 1 aliphatic rings. The van der Waals surface area contributed by atoms with Crippen LogP contribution in [-0.4, -0.2) is 51.3 Å². The third-order valence-electron chi connectivity index (χ3n) is 6.11. The lowest BCUT2D eigenvalue weighted by Crippen LogP contribution is -2.49. The number of rotatable bonds is 6. The van der Waals surface area contributed by atoms with Gasteiger partial charge < -0.3 is 9.30 Å². The average molecular weight is 468 g/mol. The summed E-state index contributed by atoms with van der Waals surface area (Å²) in [4.78, 5) is 22.8. The Kier molecular flexibility index (Phi) is 6.61. The minimum atomic E-state index is -0.275. The van der Waals surface area contributed by atoms with Crippen molar-refractivity contribution in [2.24, 2.45) is 0 Å². The van der Waals surface area contributed by atoms with E-state index in [-0.39, 0.29) is 11.9 Å². The molecule has 0 bridgehead atoms. The number of hydrogen-bond donors (Lipinski definition) is 0. The Balaban J connectivity index is 1.16. The van der Waals surface area contributed by atoms with E-state index in [0.29, 0.717) is 31.7 Å². The molecule has 0 spiro atoms. The van der Waals surface area contributed by atoms with Gasteiger partial charge in [0.15, 0.2) is 0 Å². The van der Waals surface area contributed by atoms with Crippen molar-refractivity contribution in [3.63, 3.8) is 0 Å². The van der Waals surface area contributed by atoms with Crippen molar-refractivity contribution in [1.29, 1.82) is 5.26 Å². The Morgan fingerprint density at radius 3 is 2.41 bits per heavy atom. The topological polar surface area (TPSA) is 64.6 Å². The number of benzene rings is 2. The van der Waals surface area contributed by atoms with Crippen molar-refractivity contribution in [1.82, 2.24) is 19.2 Å². The Labute approximate surface area is 203 Å². The van der Waals surface area contributed by atoms with Crippen molar-refractivity contribution in [3.8, 4) is 6.07 Å². The standard InChI is InChI=1S/C27H25N5OS/c28-18-25(21-6-2-1-3-7-21)30-14-16-31(17-15-30)27(33)22-9-11-24(12-10-22)34-20-23-19-32-13-5-4-8-26(32)29-23/h1-13,19,25H,14-17,20H2. The smallest absolute Gasteiger partial charge is 0.253 e. The fraction of sp³-hybridized carbons (Fsp3) is 0.222. The molecule has 3 heterocycles. The first-order valence-electron chi connectivity index (χ1n) is 11.3. The molecule has 170 valence electrons. The van der Waals surface area contributed by atoms with Gasteiger partial charge in [-0.25, -0.2) is 4.98 Å². The maximum atomic E-state index is 13.0. The first-order valence-corrected chi connectivity index (χ1v) is 12.3. The minimum Gasteiger partial charge on any atom is -0.336 e. The number of nitrogens with zero attached hydrogens (tertiary/aromatic N) is 5. The summed E-state index contributed by atoms with van der Waals surface area (Å²) in [5, 5.41) is 9.68. The number of carbonyl (C=O) groups is 1. The zero-order chi connectivity index (χ0) is 23.3. The number of fused-ring (bicyclic) bond motifs is 1. The highest BCUT2D eigenvalue weighted by atomic mass is 32.2. The highest BCUT2D eigenvalue weighted by molar-refractivity contribution is 7.98. The summed E-state index contributed by atoms with van der Waals surface area (Å²) in [6.45, 7) is 2.61. The van der Waals surface area contributed by atoms with Crippen LogP contribution in [0.1, 0.15) is 27.7 Å². The zero-order valence-corrected chi connectivity index (χ0v) is 19.6. The van der Waals surface area contributed by atoms with Gasteiger partial charge in [0, 0.05) is 54.8 Å².